The van der Waals surface area contributed by atoms with E-state index >= 15 is 0 Å². The third kappa shape index (κ3) is 5.26. The molecule has 0 aromatic heterocycles. The quantitative estimate of drug-likeness (QED) is 0.854. The summed E-state index contributed by atoms with van der Waals surface area (Å²) in [7, 11) is 0. The number of carbonyl (C=O) groups excluding carboxylic acids is 1. The van der Waals surface area contributed by atoms with E-state index in [9.17, 15) is 4.79 Å². The maximum Gasteiger partial charge on any atom is 0.414 e. The lowest BCUT2D eigenvalue weighted by atomic mass is 10.2. The molecule has 1 saturated heterocycles. The van der Waals surface area contributed by atoms with Crippen LogP contribution in [0.1, 0.15) is 39.2 Å². The van der Waals surface area contributed by atoms with Crippen LogP contribution in [0.5, 0.6) is 0 Å². The minimum atomic E-state index is -0.532. The highest BCUT2D eigenvalue weighted by atomic mass is 16.6. The lowest BCUT2D eigenvalue weighted by Crippen LogP contribution is -2.41. The van der Waals surface area contributed by atoms with Gasteiger partial charge in [-0.1, -0.05) is 0 Å². The minimum Gasteiger partial charge on any atom is -0.443 e. The molecule has 1 amide bonds. The Bertz CT molecular complexity index is 563. The Labute approximate surface area is 138 Å². The molecule has 0 N–H and O–H groups in total. The van der Waals surface area contributed by atoms with E-state index in [0.717, 1.165) is 25.3 Å². The maximum atomic E-state index is 12.5. The molecule has 0 radical (unpaired) electrons. The number of nitrogens with zero attached hydrogens (tertiary/aromatic N) is 3. The molecule has 0 spiro atoms. The second kappa shape index (κ2) is 7.47. The normalized spacial score (nSPS) is 15.2. The van der Waals surface area contributed by atoms with Crippen LogP contribution in [0, 0.1) is 11.3 Å². The summed E-state index contributed by atoms with van der Waals surface area (Å²) in [5.41, 5.74) is 0.810. The average Bonchev–Trinajstić information content (AvgIpc) is 2.99. The highest BCUT2D eigenvalue weighted by molar-refractivity contribution is 5.88. The van der Waals surface area contributed by atoms with Gasteiger partial charge < -0.3 is 9.64 Å². The first-order valence-electron chi connectivity index (χ1n) is 8.12. The van der Waals surface area contributed by atoms with Crippen LogP contribution in [0.3, 0.4) is 0 Å². The summed E-state index contributed by atoms with van der Waals surface area (Å²) in [6.07, 6.45) is 2.11. The molecule has 5 heteroatoms. The second-order valence-corrected chi connectivity index (χ2v) is 6.84. The zero-order valence-corrected chi connectivity index (χ0v) is 14.2. The molecule has 1 aromatic carbocycles. The van der Waals surface area contributed by atoms with E-state index in [1.807, 2.05) is 20.8 Å². The Morgan fingerprint density at radius 3 is 2.39 bits per heavy atom. The van der Waals surface area contributed by atoms with Crippen molar-refractivity contribution in [2.45, 2.75) is 39.2 Å². The zero-order valence-electron chi connectivity index (χ0n) is 14.2. The molecule has 1 aliphatic rings. The molecule has 23 heavy (non-hydrogen) atoms. The number of carbonyl (C=O) groups is 1. The lowest BCUT2D eigenvalue weighted by Gasteiger charge is -2.29. The van der Waals surface area contributed by atoms with Crippen molar-refractivity contribution >= 4 is 11.8 Å². The van der Waals surface area contributed by atoms with E-state index in [4.69, 9.17) is 10.00 Å². The van der Waals surface area contributed by atoms with Crippen LogP contribution in [0.4, 0.5) is 10.5 Å². The second-order valence-electron chi connectivity index (χ2n) is 6.84. The van der Waals surface area contributed by atoms with Gasteiger partial charge in [-0.2, -0.15) is 5.26 Å². The van der Waals surface area contributed by atoms with Crippen molar-refractivity contribution in [2.24, 2.45) is 0 Å². The number of anilines is 1. The summed E-state index contributed by atoms with van der Waals surface area (Å²) in [6.45, 7) is 9.19. The van der Waals surface area contributed by atoms with Crippen LogP contribution in [0.25, 0.3) is 0 Å². The van der Waals surface area contributed by atoms with E-state index in [1.165, 1.54) is 12.8 Å². The zero-order chi connectivity index (χ0) is 16.9. The molecule has 0 unspecified atom stereocenters. The molecule has 5 nitrogen and oxygen atoms in total. The van der Waals surface area contributed by atoms with Crippen LogP contribution >= 0.6 is 0 Å². The molecular formula is C18H25N3O2. The van der Waals surface area contributed by atoms with E-state index in [0.29, 0.717) is 12.1 Å². The van der Waals surface area contributed by atoms with Gasteiger partial charge in [0.05, 0.1) is 11.6 Å². The summed E-state index contributed by atoms with van der Waals surface area (Å²) in [5.74, 6) is 0. The number of ether oxygens (including phenoxy) is 1. The van der Waals surface area contributed by atoms with Gasteiger partial charge in [0.15, 0.2) is 0 Å². The van der Waals surface area contributed by atoms with Crippen molar-refractivity contribution < 1.29 is 9.53 Å². The maximum absolute atomic E-state index is 12.5. The number of amides is 1. The number of hydrogen-bond donors (Lipinski definition) is 0. The molecule has 2 rings (SSSR count). The molecule has 1 heterocycles. The topological polar surface area (TPSA) is 56.6 Å². The number of likely N-dealkylation sites (tertiary alicyclic amines) is 1. The smallest absolute Gasteiger partial charge is 0.414 e. The SMILES string of the molecule is CC(C)(C)OC(=O)N(CCN1CCCC1)c1ccc(C#N)cc1. The van der Waals surface area contributed by atoms with Gasteiger partial charge in [0.25, 0.3) is 0 Å². The fourth-order valence-electron chi connectivity index (χ4n) is 2.61. The Morgan fingerprint density at radius 1 is 1.26 bits per heavy atom. The summed E-state index contributed by atoms with van der Waals surface area (Å²) in [6, 6.07) is 9.14. The standard InChI is InChI=1S/C18H25N3O2/c1-18(2,3)23-17(22)21(13-12-20-10-4-5-11-20)16-8-6-15(14-19)7-9-16/h6-9H,4-5,10-13H2,1-3H3. The van der Waals surface area contributed by atoms with Gasteiger partial charge in [-0.25, -0.2) is 4.79 Å². The predicted octanol–water partition coefficient (Wildman–Crippen LogP) is 3.40. The molecule has 124 valence electrons. The Balaban J connectivity index is 2.11. The molecule has 0 atom stereocenters. The van der Waals surface area contributed by atoms with Gasteiger partial charge in [0.1, 0.15) is 5.60 Å². The highest BCUT2D eigenvalue weighted by Gasteiger charge is 2.24. The first kappa shape index (κ1) is 17.3. The van der Waals surface area contributed by atoms with Crippen LogP contribution in [-0.2, 0) is 4.74 Å². The van der Waals surface area contributed by atoms with Crippen LogP contribution in [0.15, 0.2) is 24.3 Å². The molecule has 1 aliphatic heterocycles. The summed E-state index contributed by atoms with van der Waals surface area (Å²) in [4.78, 5) is 16.6. The van der Waals surface area contributed by atoms with Gasteiger partial charge in [0.2, 0.25) is 0 Å². The highest BCUT2D eigenvalue weighted by Crippen LogP contribution is 2.19. The first-order chi connectivity index (χ1) is 10.9. The van der Waals surface area contributed by atoms with Crippen molar-refractivity contribution in [3.05, 3.63) is 29.8 Å². The first-order valence-corrected chi connectivity index (χ1v) is 8.12. The monoisotopic (exact) mass is 315 g/mol. The Hall–Kier alpha value is -2.06. The van der Waals surface area contributed by atoms with Crippen molar-refractivity contribution in [3.63, 3.8) is 0 Å². The van der Waals surface area contributed by atoms with Gasteiger partial charge >= 0.3 is 6.09 Å². The minimum absolute atomic E-state index is 0.346. The van der Waals surface area contributed by atoms with Crippen molar-refractivity contribution in [3.8, 4) is 6.07 Å². The van der Waals surface area contributed by atoms with Crippen LogP contribution in [-0.4, -0.2) is 42.8 Å². The van der Waals surface area contributed by atoms with Gasteiger partial charge in [-0.05, 0) is 71.0 Å². The summed E-state index contributed by atoms with van der Waals surface area (Å²) < 4.78 is 5.53. The molecule has 1 aromatic rings. The molecule has 0 saturated carbocycles. The molecular weight excluding hydrogens is 290 g/mol. The number of rotatable bonds is 4. The van der Waals surface area contributed by atoms with Crippen molar-refractivity contribution in [1.82, 2.24) is 4.90 Å². The molecule has 0 bridgehead atoms. The van der Waals surface area contributed by atoms with Crippen molar-refractivity contribution in [2.75, 3.05) is 31.1 Å². The van der Waals surface area contributed by atoms with Gasteiger partial charge in [-0.15, -0.1) is 0 Å². The fraction of sp³-hybridized carbons (Fsp3) is 0.556. The van der Waals surface area contributed by atoms with E-state index < -0.39 is 5.60 Å². The van der Waals surface area contributed by atoms with E-state index in [1.54, 1.807) is 29.2 Å². The fourth-order valence-corrected chi connectivity index (χ4v) is 2.61. The van der Waals surface area contributed by atoms with E-state index in [-0.39, 0.29) is 6.09 Å². The van der Waals surface area contributed by atoms with Crippen molar-refractivity contribution in [1.29, 1.82) is 5.26 Å². The third-order valence-corrected chi connectivity index (χ3v) is 3.76. The largest absolute Gasteiger partial charge is 0.443 e. The third-order valence-electron chi connectivity index (χ3n) is 3.76. The van der Waals surface area contributed by atoms with E-state index in [2.05, 4.69) is 11.0 Å². The Morgan fingerprint density at radius 2 is 1.87 bits per heavy atom. The predicted molar refractivity (Wildman–Crippen MR) is 90.4 cm³/mol. The molecule has 0 aliphatic carbocycles. The summed E-state index contributed by atoms with van der Waals surface area (Å²) in [5, 5.41) is 8.91. The average molecular weight is 315 g/mol. The number of nitriles is 1. The number of hydrogen-bond acceptors (Lipinski definition) is 4. The molecule has 1 fully saturated rings. The summed E-state index contributed by atoms with van der Waals surface area (Å²) >= 11 is 0. The van der Waals surface area contributed by atoms with Gasteiger partial charge in [0, 0.05) is 18.8 Å². The Kier molecular flexibility index (Phi) is 5.62. The van der Waals surface area contributed by atoms with Crippen LogP contribution in [0.2, 0.25) is 0 Å². The lowest BCUT2D eigenvalue weighted by molar-refractivity contribution is 0.0577. The van der Waals surface area contributed by atoms with Crippen LogP contribution < -0.4 is 4.90 Å². The van der Waals surface area contributed by atoms with Gasteiger partial charge in [-0.3, -0.25) is 4.90 Å². The number of benzene rings is 1.